The molecule has 0 spiro atoms. The van der Waals surface area contributed by atoms with Gasteiger partial charge in [-0.15, -0.1) is 0 Å². The Bertz CT molecular complexity index is 1450. The Labute approximate surface area is 217 Å². The molecule has 4 aromatic rings. The summed E-state index contributed by atoms with van der Waals surface area (Å²) in [4.78, 5) is -0.741. The van der Waals surface area contributed by atoms with Crippen molar-refractivity contribution in [2.75, 3.05) is 0 Å². The van der Waals surface area contributed by atoms with Crippen molar-refractivity contribution in [2.45, 2.75) is 9.79 Å². The van der Waals surface area contributed by atoms with E-state index in [1.54, 1.807) is 0 Å². The molecule has 0 heterocycles. The van der Waals surface area contributed by atoms with E-state index in [1.807, 2.05) is 0 Å². The van der Waals surface area contributed by atoms with Crippen molar-refractivity contribution in [3.63, 3.8) is 0 Å². The van der Waals surface area contributed by atoms with E-state index in [0.717, 1.165) is 24.3 Å². The minimum Gasteiger partial charge on any atom is -0.744 e. The molecule has 10 nitrogen and oxygen atoms in total. The smallest absolute Gasteiger partial charge is 0.744 e. The molecule has 4 N–H and O–H groups in total. The molecule has 0 fully saturated rings. The van der Waals surface area contributed by atoms with Gasteiger partial charge in [0.1, 0.15) is 20.2 Å². The van der Waals surface area contributed by atoms with E-state index in [1.165, 1.54) is 36.4 Å². The molecule has 4 aromatic carbocycles. The van der Waals surface area contributed by atoms with Crippen LogP contribution in [0.1, 0.15) is 0 Å². The number of fused-ring (bicyclic) bond motifs is 2. The van der Waals surface area contributed by atoms with Crippen molar-refractivity contribution in [1.29, 1.82) is 0 Å². The summed E-state index contributed by atoms with van der Waals surface area (Å²) >= 11 is 0. The molecule has 0 saturated heterocycles. The number of rotatable bonds is 2. The van der Waals surface area contributed by atoms with Crippen LogP contribution in [-0.2, 0) is 20.2 Å². The second kappa shape index (κ2) is 9.89. The molecule has 0 aliphatic heterocycles. The van der Waals surface area contributed by atoms with E-state index in [-0.39, 0.29) is 70.5 Å². The molecule has 13 heteroatoms. The van der Waals surface area contributed by atoms with E-state index < -0.39 is 20.2 Å². The van der Waals surface area contributed by atoms with Gasteiger partial charge in [-0.05, 0) is 70.1 Å². The molecule has 168 valence electrons. The Morgan fingerprint density at radius 2 is 0.758 bits per heavy atom. The van der Waals surface area contributed by atoms with Gasteiger partial charge in [-0.1, -0.05) is 12.1 Å². The Hall–Kier alpha value is -2.32. The molecular weight excluding hydrogens is 504 g/mol. The van der Waals surface area contributed by atoms with Crippen LogP contribution >= 0.6 is 0 Å². The fourth-order valence-corrected chi connectivity index (χ4v) is 3.83. The van der Waals surface area contributed by atoms with Crippen LogP contribution in [0.2, 0.25) is 0 Å². The first kappa shape index (κ1) is 26.9. The average molecular weight is 519 g/mol. The fourth-order valence-electron chi connectivity index (χ4n) is 2.81. The molecule has 0 aliphatic carbocycles. The van der Waals surface area contributed by atoms with Crippen LogP contribution in [0.5, 0.6) is 23.0 Å². The van der Waals surface area contributed by atoms with E-state index in [4.69, 9.17) is 0 Å². The van der Waals surface area contributed by atoms with E-state index in [9.17, 15) is 46.4 Å². The van der Waals surface area contributed by atoms with Crippen molar-refractivity contribution in [1.82, 2.24) is 0 Å². The van der Waals surface area contributed by atoms with Gasteiger partial charge in [-0.3, -0.25) is 0 Å². The summed E-state index contributed by atoms with van der Waals surface area (Å²) in [7, 11) is -9.02. The van der Waals surface area contributed by atoms with Crippen molar-refractivity contribution in [2.24, 2.45) is 0 Å². The van der Waals surface area contributed by atoms with Gasteiger partial charge in [0, 0.05) is 0 Å². The summed E-state index contributed by atoms with van der Waals surface area (Å²) in [6, 6.07) is 12.3. The van der Waals surface area contributed by atoms with Gasteiger partial charge in [0.25, 0.3) is 0 Å². The number of hydrogen-bond donors (Lipinski definition) is 4. The molecule has 4 rings (SSSR count). The number of aromatic hydroxyl groups is 4. The standard InChI is InChI=1S/2C10H8O5S.Ca/c2*11-9-4-6-1-2-8(16(13,14)15)3-7(6)5-10(9)12;/h2*1-5,11-12H,(H,13,14,15);/q;;+2/p-2. The van der Waals surface area contributed by atoms with Gasteiger partial charge in [-0.2, -0.15) is 0 Å². The molecule has 0 atom stereocenters. The largest absolute Gasteiger partial charge is 2.00 e. The average Bonchev–Trinajstić information content (AvgIpc) is 2.68. The fraction of sp³-hybridized carbons (Fsp3) is 0. The molecular formula is C20H14CaO10S2. The predicted octanol–water partition coefficient (Wildman–Crippen LogP) is 1.93. The molecule has 0 amide bonds. The summed E-state index contributed by atoms with van der Waals surface area (Å²) < 4.78 is 64.6. The maximum absolute atomic E-state index is 10.8. The van der Waals surface area contributed by atoms with E-state index >= 15 is 0 Å². The molecule has 0 aliphatic rings. The van der Waals surface area contributed by atoms with Gasteiger partial charge >= 0.3 is 37.7 Å². The zero-order valence-corrected chi connectivity index (χ0v) is 20.4. The Kier molecular flexibility index (Phi) is 8.07. The second-order valence-electron chi connectivity index (χ2n) is 6.61. The first-order valence-corrected chi connectivity index (χ1v) is 11.4. The third kappa shape index (κ3) is 6.38. The van der Waals surface area contributed by atoms with Crippen molar-refractivity contribution in [3.8, 4) is 23.0 Å². The van der Waals surface area contributed by atoms with Crippen LogP contribution in [0.15, 0.2) is 70.5 Å². The first-order valence-electron chi connectivity index (χ1n) is 8.59. The van der Waals surface area contributed by atoms with Gasteiger partial charge in [0.05, 0.1) is 9.79 Å². The monoisotopic (exact) mass is 518 g/mol. The van der Waals surface area contributed by atoms with Gasteiger partial charge in [-0.25, -0.2) is 16.8 Å². The summed E-state index contributed by atoms with van der Waals surface area (Å²) in [6.45, 7) is 0. The van der Waals surface area contributed by atoms with Gasteiger partial charge in [0.2, 0.25) is 0 Å². The Morgan fingerprint density at radius 3 is 1.03 bits per heavy atom. The number of phenolic OH excluding ortho intramolecular Hbond substituents is 4. The summed E-state index contributed by atoms with van der Waals surface area (Å²) in [5.74, 6) is -1.34. The maximum atomic E-state index is 10.8. The normalized spacial score (nSPS) is 11.5. The van der Waals surface area contributed by atoms with Crippen LogP contribution in [0.4, 0.5) is 0 Å². The first-order chi connectivity index (χ1) is 14.8. The van der Waals surface area contributed by atoms with Crippen molar-refractivity contribution in [3.05, 3.63) is 60.7 Å². The molecule has 0 aromatic heterocycles. The Morgan fingerprint density at radius 1 is 0.485 bits per heavy atom. The van der Waals surface area contributed by atoms with Crippen LogP contribution in [-0.4, -0.2) is 84.1 Å². The van der Waals surface area contributed by atoms with Crippen molar-refractivity contribution < 1.29 is 46.4 Å². The molecule has 0 unspecified atom stereocenters. The topological polar surface area (TPSA) is 195 Å². The summed E-state index contributed by atoms with van der Waals surface area (Å²) in [6.07, 6.45) is 0. The summed E-state index contributed by atoms with van der Waals surface area (Å²) in [5.41, 5.74) is 0. The zero-order valence-electron chi connectivity index (χ0n) is 16.5. The Balaban J connectivity index is 0.000000227. The van der Waals surface area contributed by atoms with E-state index in [2.05, 4.69) is 0 Å². The minimum absolute atomic E-state index is 0. The zero-order chi connectivity index (χ0) is 23.8. The van der Waals surface area contributed by atoms with Crippen LogP contribution in [0.3, 0.4) is 0 Å². The second-order valence-corrected chi connectivity index (χ2v) is 9.37. The SMILES string of the molecule is O=S(=O)([O-])c1ccc2cc(O)c(O)cc2c1.O=S(=O)([O-])c1ccc2cc(O)c(O)cc2c1.[Ca+2]. The van der Waals surface area contributed by atoms with Gasteiger partial charge < -0.3 is 29.5 Å². The van der Waals surface area contributed by atoms with Gasteiger partial charge in [0.15, 0.2) is 23.0 Å². The molecule has 0 bridgehead atoms. The number of benzene rings is 4. The van der Waals surface area contributed by atoms with Crippen molar-refractivity contribution >= 4 is 79.5 Å². The molecule has 0 saturated carbocycles. The number of hydrogen-bond acceptors (Lipinski definition) is 10. The third-order valence-electron chi connectivity index (χ3n) is 4.39. The molecule has 0 radical (unpaired) electrons. The maximum Gasteiger partial charge on any atom is 2.00 e. The minimum atomic E-state index is -4.51. The third-order valence-corrected chi connectivity index (χ3v) is 6.05. The quantitative estimate of drug-likeness (QED) is 0.173. The van der Waals surface area contributed by atoms with E-state index in [0.29, 0.717) is 21.5 Å². The van der Waals surface area contributed by atoms with Crippen LogP contribution in [0, 0.1) is 0 Å². The molecule has 33 heavy (non-hydrogen) atoms. The van der Waals surface area contributed by atoms with Crippen LogP contribution < -0.4 is 0 Å². The van der Waals surface area contributed by atoms with Crippen LogP contribution in [0.25, 0.3) is 21.5 Å². The number of phenols is 4. The summed E-state index contributed by atoms with van der Waals surface area (Å²) in [5, 5.41) is 38.7. The predicted molar refractivity (Wildman–Crippen MR) is 116 cm³/mol.